The van der Waals surface area contributed by atoms with Gasteiger partial charge in [0.15, 0.2) is 0 Å². The normalized spacial score (nSPS) is 13.6. The van der Waals surface area contributed by atoms with Crippen LogP contribution in [0.2, 0.25) is 0 Å². The second kappa shape index (κ2) is 10.6. The van der Waals surface area contributed by atoms with Crippen molar-refractivity contribution in [1.29, 1.82) is 0 Å². The molecule has 0 radical (unpaired) electrons. The quantitative estimate of drug-likeness (QED) is 0.158. The van der Waals surface area contributed by atoms with Crippen LogP contribution in [0.25, 0.3) is 98.4 Å². The van der Waals surface area contributed by atoms with Crippen LogP contribution in [0.3, 0.4) is 0 Å². The van der Waals surface area contributed by atoms with Crippen LogP contribution in [0.15, 0.2) is 194 Å². The zero-order valence-electron chi connectivity index (χ0n) is 30.0. The average Bonchev–Trinajstić information content (AvgIpc) is 3.71. The van der Waals surface area contributed by atoms with Gasteiger partial charge in [-0.05, 0) is 145 Å². The molecule has 0 heteroatoms. The summed E-state index contributed by atoms with van der Waals surface area (Å²) in [4.78, 5) is 0. The number of rotatable bonds is 2. The van der Waals surface area contributed by atoms with E-state index < -0.39 is 5.41 Å². The van der Waals surface area contributed by atoms with Crippen LogP contribution in [-0.2, 0) is 5.41 Å². The molecule has 11 aromatic rings. The molecule has 0 saturated heterocycles. The molecular formula is C55H32. The minimum atomic E-state index is -0.479. The van der Waals surface area contributed by atoms with Crippen molar-refractivity contribution in [3.63, 3.8) is 0 Å². The van der Waals surface area contributed by atoms with Crippen LogP contribution in [0, 0.1) is 0 Å². The lowest BCUT2D eigenvalue weighted by Gasteiger charge is -2.31. The highest BCUT2D eigenvalue weighted by atomic mass is 14.5. The van der Waals surface area contributed by atoms with Crippen LogP contribution in [0.1, 0.15) is 22.3 Å². The highest BCUT2D eigenvalue weighted by Gasteiger charge is 2.52. The van der Waals surface area contributed by atoms with Crippen LogP contribution in [-0.4, -0.2) is 0 Å². The average molecular weight is 693 g/mol. The largest absolute Gasteiger partial charge is 0.0726 e. The zero-order chi connectivity index (χ0) is 35.8. The summed E-state index contributed by atoms with van der Waals surface area (Å²) >= 11 is 0. The molecule has 1 spiro atoms. The smallest absolute Gasteiger partial charge is 0.0619 e. The second-order valence-electron chi connectivity index (χ2n) is 15.5. The fourth-order valence-electron chi connectivity index (χ4n) is 10.8. The molecule has 0 nitrogen and oxygen atoms in total. The molecule has 0 unspecified atom stereocenters. The van der Waals surface area contributed by atoms with Gasteiger partial charge in [-0.25, -0.2) is 0 Å². The van der Waals surface area contributed by atoms with Crippen molar-refractivity contribution in [2.75, 3.05) is 0 Å². The maximum atomic E-state index is 2.54. The molecule has 0 aliphatic heterocycles. The predicted molar refractivity (Wildman–Crippen MR) is 232 cm³/mol. The lowest BCUT2D eigenvalue weighted by Crippen LogP contribution is -2.26. The Morgan fingerprint density at radius 1 is 0.255 bits per heavy atom. The second-order valence-corrected chi connectivity index (χ2v) is 15.5. The Kier molecular flexibility index (Phi) is 5.65. The summed E-state index contributed by atoms with van der Waals surface area (Å²) in [5.41, 5.74) is 15.4. The fraction of sp³-hybridized carbons (Fsp3) is 0.0182. The molecule has 11 aromatic carbocycles. The van der Waals surface area contributed by atoms with Crippen molar-refractivity contribution in [2.24, 2.45) is 0 Å². The van der Waals surface area contributed by atoms with E-state index in [2.05, 4.69) is 194 Å². The Labute approximate surface area is 318 Å². The Morgan fingerprint density at radius 3 is 1.55 bits per heavy atom. The monoisotopic (exact) mass is 692 g/mol. The molecule has 0 amide bonds. The summed E-state index contributed by atoms with van der Waals surface area (Å²) in [5, 5.41) is 13.0. The van der Waals surface area contributed by atoms with Crippen molar-refractivity contribution < 1.29 is 0 Å². The van der Waals surface area contributed by atoms with E-state index in [1.807, 2.05) is 0 Å². The first kappa shape index (κ1) is 29.4. The van der Waals surface area contributed by atoms with Crippen LogP contribution in [0.4, 0.5) is 0 Å². The molecule has 13 rings (SSSR count). The molecule has 2 aliphatic carbocycles. The van der Waals surface area contributed by atoms with E-state index in [0.29, 0.717) is 0 Å². The molecule has 0 N–H and O–H groups in total. The van der Waals surface area contributed by atoms with Gasteiger partial charge < -0.3 is 0 Å². The summed E-state index contributed by atoms with van der Waals surface area (Å²) < 4.78 is 0. The Hall–Kier alpha value is -7.02. The van der Waals surface area contributed by atoms with Gasteiger partial charge in [-0.15, -0.1) is 0 Å². The Balaban J connectivity index is 1.17. The van der Waals surface area contributed by atoms with Crippen LogP contribution in [0.5, 0.6) is 0 Å². The third-order valence-electron chi connectivity index (χ3n) is 13.0. The first-order valence-corrected chi connectivity index (χ1v) is 19.3. The van der Waals surface area contributed by atoms with E-state index in [-0.39, 0.29) is 0 Å². The molecule has 0 fully saturated rings. The van der Waals surface area contributed by atoms with Gasteiger partial charge in [0, 0.05) is 0 Å². The van der Waals surface area contributed by atoms with Crippen molar-refractivity contribution in [2.45, 2.75) is 5.41 Å². The van der Waals surface area contributed by atoms with Gasteiger partial charge in [-0.1, -0.05) is 170 Å². The summed E-state index contributed by atoms with van der Waals surface area (Å²) in [7, 11) is 0. The fourth-order valence-corrected chi connectivity index (χ4v) is 10.8. The standard InChI is InChI=1S/C55H32/c1-3-16-41-33(11-1)13-10-20-45(41)53-42-17-4-2-12-37(42)32-50-54(53)46-28-27-36(31-49(46)55(50)47-21-7-5-18-43(47)44-19-6-8-22-48(44)55)40-29-38-25-23-34-14-9-15-35-24-26-39(30-40)52(38)51(34)35/h1-32H. The van der Waals surface area contributed by atoms with Crippen LogP contribution >= 0.6 is 0 Å². The van der Waals surface area contributed by atoms with Crippen molar-refractivity contribution in [3.8, 4) is 44.5 Å². The van der Waals surface area contributed by atoms with E-state index in [1.165, 1.54) is 121 Å². The van der Waals surface area contributed by atoms with Crippen molar-refractivity contribution in [3.05, 3.63) is 216 Å². The van der Waals surface area contributed by atoms with Gasteiger partial charge >= 0.3 is 0 Å². The Bertz CT molecular complexity index is 3320. The highest BCUT2D eigenvalue weighted by Crippen LogP contribution is 2.65. The number of fused-ring (bicyclic) bond motifs is 12. The minimum Gasteiger partial charge on any atom is -0.0619 e. The maximum absolute atomic E-state index is 2.54. The van der Waals surface area contributed by atoms with E-state index >= 15 is 0 Å². The van der Waals surface area contributed by atoms with Gasteiger partial charge in [0.05, 0.1) is 5.41 Å². The van der Waals surface area contributed by atoms with Crippen molar-refractivity contribution >= 4 is 53.9 Å². The topological polar surface area (TPSA) is 0 Å². The van der Waals surface area contributed by atoms with E-state index in [4.69, 9.17) is 0 Å². The molecule has 2 aliphatic rings. The van der Waals surface area contributed by atoms with Crippen molar-refractivity contribution in [1.82, 2.24) is 0 Å². The molecule has 0 atom stereocenters. The minimum absolute atomic E-state index is 0.479. The van der Waals surface area contributed by atoms with E-state index in [0.717, 1.165) is 0 Å². The summed E-state index contributed by atoms with van der Waals surface area (Å²) in [5.74, 6) is 0. The maximum Gasteiger partial charge on any atom is 0.0726 e. The van der Waals surface area contributed by atoms with E-state index in [9.17, 15) is 0 Å². The highest BCUT2D eigenvalue weighted by molar-refractivity contribution is 6.24. The molecule has 0 heterocycles. The lowest BCUT2D eigenvalue weighted by atomic mass is 9.69. The van der Waals surface area contributed by atoms with Gasteiger partial charge in [0.25, 0.3) is 0 Å². The molecule has 55 heavy (non-hydrogen) atoms. The molecule has 0 aromatic heterocycles. The van der Waals surface area contributed by atoms with Gasteiger partial charge in [-0.3, -0.25) is 0 Å². The lowest BCUT2D eigenvalue weighted by molar-refractivity contribution is 0.795. The SMILES string of the molecule is c1ccc2c(c1)-c1ccccc1C21c2cc(-c3cc4ccc5cccc6ccc(c3)c4c56)ccc2-c2c1cc1ccccc1c2-c1cccc2ccccc12. The summed E-state index contributed by atoms with van der Waals surface area (Å²) in [6.45, 7) is 0. The van der Waals surface area contributed by atoms with Gasteiger partial charge in [0.2, 0.25) is 0 Å². The van der Waals surface area contributed by atoms with Crippen LogP contribution < -0.4 is 0 Å². The number of hydrogen-bond acceptors (Lipinski definition) is 0. The van der Waals surface area contributed by atoms with E-state index in [1.54, 1.807) is 0 Å². The molecule has 0 saturated carbocycles. The predicted octanol–water partition coefficient (Wildman–Crippen LogP) is 14.6. The third kappa shape index (κ3) is 3.71. The first-order valence-electron chi connectivity index (χ1n) is 19.3. The summed E-state index contributed by atoms with van der Waals surface area (Å²) in [6.07, 6.45) is 0. The third-order valence-corrected chi connectivity index (χ3v) is 13.0. The van der Waals surface area contributed by atoms with Gasteiger partial charge in [0.1, 0.15) is 0 Å². The molecule has 252 valence electrons. The number of hydrogen-bond donors (Lipinski definition) is 0. The molecular weight excluding hydrogens is 661 g/mol. The van der Waals surface area contributed by atoms with Gasteiger partial charge in [-0.2, -0.15) is 0 Å². The molecule has 0 bridgehead atoms. The first-order chi connectivity index (χ1) is 27.3. The zero-order valence-corrected chi connectivity index (χ0v) is 30.0. The number of benzene rings is 11. The Morgan fingerprint density at radius 2 is 0.800 bits per heavy atom. The summed E-state index contributed by atoms with van der Waals surface area (Å²) in [6, 6.07) is 73.5.